The van der Waals surface area contributed by atoms with Crippen molar-refractivity contribution in [3.8, 4) is 28.6 Å². The lowest BCUT2D eigenvalue weighted by Crippen LogP contribution is -2.45. The number of aliphatic hydroxyl groups is 1. The normalized spacial score (nSPS) is 12.4. The van der Waals surface area contributed by atoms with Gasteiger partial charge in [-0.25, -0.2) is 9.97 Å². The zero-order valence-electron chi connectivity index (χ0n) is 19.0. The SMILES string of the molecule is C[C@@H](NC(=O)c1ccc(Oc2nccn3c(-c4conc4C(F)(F)F)cnc23)cc1O)C(=O)NCCO. The first-order chi connectivity index (χ1) is 17.6. The molecule has 0 aliphatic carbocycles. The summed E-state index contributed by atoms with van der Waals surface area (Å²) in [7, 11) is 0. The fourth-order valence-electron chi connectivity index (χ4n) is 3.34. The van der Waals surface area contributed by atoms with Crippen LogP contribution in [-0.2, 0) is 11.0 Å². The molecule has 0 radical (unpaired) electrons. The molecule has 4 N–H and O–H groups in total. The Balaban J connectivity index is 1.55. The summed E-state index contributed by atoms with van der Waals surface area (Å²) in [5.74, 6) is -1.76. The Morgan fingerprint density at radius 2 is 2.05 bits per heavy atom. The van der Waals surface area contributed by atoms with Crippen molar-refractivity contribution in [2.24, 2.45) is 0 Å². The summed E-state index contributed by atoms with van der Waals surface area (Å²) in [6.45, 7) is 1.20. The van der Waals surface area contributed by atoms with E-state index in [1.807, 2.05) is 0 Å². The number of phenols is 1. The van der Waals surface area contributed by atoms with Crippen LogP contribution < -0.4 is 15.4 Å². The van der Waals surface area contributed by atoms with Crippen LogP contribution in [-0.4, -0.2) is 60.7 Å². The van der Waals surface area contributed by atoms with E-state index >= 15 is 0 Å². The van der Waals surface area contributed by atoms with Crippen LogP contribution in [0.15, 0.2) is 47.6 Å². The molecule has 194 valence electrons. The highest BCUT2D eigenvalue weighted by atomic mass is 19.4. The van der Waals surface area contributed by atoms with Gasteiger partial charge in [-0.3, -0.25) is 14.0 Å². The van der Waals surface area contributed by atoms with Gasteiger partial charge in [-0.1, -0.05) is 5.16 Å². The van der Waals surface area contributed by atoms with E-state index in [-0.39, 0.29) is 47.2 Å². The van der Waals surface area contributed by atoms with E-state index in [1.54, 1.807) is 0 Å². The van der Waals surface area contributed by atoms with Gasteiger partial charge in [0.1, 0.15) is 23.8 Å². The van der Waals surface area contributed by atoms with E-state index in [4.69, 9.17) is 9.84 Å². The zero-order chi connectivity index (χ0) is 26.7. The fourth-order valence-corrected chi connectivity index (χ4v) is 3.34. The highest BCUT2D eigenvalue weighted by Crippen LogP contribution is 2.37. The number of hydrogen-bond donors (Lipinski definition) is 4. The highest BCUT2D eigenvalue weighted by molar-refractivity contribution is 5.99. The first-order valence-electron chi connectivity index (χ1n) is 10.6. The summed E-state index contributed by atoms with van der Waals surface area (Å²) in [5, 5.41) is 27.0. The third-order valence-corrected chi connectivity index (χ3v) is 5.09. The Kier molecular flexibility index (Phi) is 6.97. The Bertz CT molecular complexity index is 1450. The van der Waals surface area contributed by atoms with Crippen LogP contribution in [0.3, 0.4) is 0 Å². The number of aromatic hydroxyl groups is 1. The number of aliphatic hydroxyl groups excluding tert-OH is 1. The van der Waals surface area contributed by atoms with E-state index in [0.29, 0.717) is 0 Å². The number of nitrogens with one attached hydrogen (secondary N) is 2. The van der Waals surface area contributed by atoms with E-state index in [9.17, 15) is 27.9 Å². The van der Waals surface area contributed by atoms with Crippen LogP contribution in [0.5, 0.6) is 17.4 Å². The minimum absolute atomic E-state index is 0.0254. The van der Waals surface area contributed by atoms with Gasteiger partial charge in [-0.2, -0.15) is 13.2 Å². The number of carbonyl (C=O) groups excluding carboxylic acids is 2. The van der Waals surface area contributed by atoms with Crippen LogP contribution in [0.2, 0.25) is 0 Å². The lowest BCUT2D eigenvalue weighted by molar-refractivity contribution is -0.142. The van der Waals surface area contributed by atoms with Crippen LogP contribution in [0.1, 0.15) is 23.0 Å². The monoisotopic (exact) mass is 520 g/mol. The number of amides is 2. The number of benzene rings is 1. The number of fused-ring (bicyclic) bond motifs is 1. The predicted octanol–water partition coefficient (Wildman–Crippen LogP) is 2.13. The third kappa shape index (κ3) is 5.30. The van der Waals surface area contributed by atoms with Crippen LogP contribution >= 0.6 is 0 Å². The molecule has 0 aliphatic rings. The number of nitrogens with zero attached hydrogens (tertiary/aromatic N) is 4. The van der Waals surface area contributed by atoms with Gasteiger partial charge in [0.05, 0.1) is 29.6 Å². The van der Waals surface area contributed by atoms with Gasteiger partial charge in [0.2, 0.25) is 11.6 Å². The molecule has 0 saturated heterocycles. The molecule has 0 bridgehead atoms. The Morgan fingerprint density at radius 1 is 1.27 bits per heavy atom. The number of rotatable bonds is 8. The number of alkyl halides is 3. The molecule has 4 rings (SSSR count). The summed E-state index contributed by atoms with van der Waals surface area (Å²) in [4.78, 5) is 32.5. The molecule has 1 atom stereocenters. The Morgan fingerprint density at radius 3 is 2.76 bits per heavy atom. The molecule has 3 heterocycles. The standard InChI is InChI=1S/C22H19F3N6O6/c1-11(19(34)26-5-7-32)29-20(35)13-3-2-12(8-16(13)33)37-21-18-28-9-15(31(18)6-4-27-21)14-10-36-30-17(14)22(23,24)25/h2-4,6,8-11,32-33H,5,7H2,1H3,(H,26,34)(H,29,35)/t11-/m1/s1. The summed E-state index contributed by atoms with van der Waals surface area (Å²) in [5.41, 5.74) is -1.59. The van der Waals surface area contributed by atoms with E-state index in [0.717, 1.165) is 12.3 Å². The lowest BCUT2D eigenvalue weighted by Gasteiger charge is -2.14. The zero-order valence-corrected chi connectivity index (χ0v) is 19.0. The van der Waals surface area contributed by atoms with Gasteiger partial charge < -0.3 is 30.1 Å². The van der Waals surface area contributed by atoms with Gasteiger partial charge in [0.25, 0.3) is 11.8 Å². The molecule has 15 heteroatoms. The largest absolute Gasteiger partial charge is 0.507 e. The lowest BCUT2D eigenvalue weighted by atomic mass is 10.1. The molecule has 37 heavy (non-hydrogen) atoms. The van der Waals surface area contributed by atoms with E-state index in [1.165, 1.54) is 42.0 Å². The molecule has 12 nitrogen and oxygen atoms in total. The smallest absolute Gasteiger partial charge is 0.437 e. The van der Waals surface area contributed by atoms with Crippen molar-refractivity contribution in [1.82, 2.24) is 30.2 Å². The first kappa shape index (κ1) is 25.4. The topological polar surface area (TPSA) is 164 Å². The van der Waals surface area contributed by atoms with Crippen molar-refractivity contribution in [2.45, 2.75) is 19.1 Å². The molecule has 0 saturated carbocycles. The van der Waals surface area contributed by atoms with Crippen molar-refractivity contribution >= 4 is 17.5 Å². The number of ether oxygens (including phenoxy) is 1. The summed E-state index contributed by atoms with van der Waals surface area (Å²) in [6.07, 6.45) is -0.0638. The average Bonchev–Trinajstić information content (AvgIpc) is 3.50. The highest BCUT2D eigenvalue weighted by Gasteiger charge is 2.38. The molecular weight excluding hydrogens is 501 g/mol. The molecule has 4 aromatic rings. The molecular formula is C22H19F3N6O6. The van der Waals surface area contributed by atoms with Gasteiger partial charge in [-0.15, -0.1) is 0 Å². The second kappa shape index (κ2) is 10.1. The number of carbonyl (C=O) groups is 2. The van der Waals surface area contributed by atoms with Crippen LogP contribution in [0, 0.1) is 0 Å². The molecule has 0 fully saturated rings. The molecule has 2 amide bonds. The number of phenolic OH excluding ortho intramolecular Hbond substituents is 1. The van der Waals surface area contributed by atoms with Crippen molar-refractivity contribution in [2.75, 3.05) is 13.2 Å². The van der Waals surface area contributed by atoms with E-state index in [2.05, 4.69) is 30.3 Å². The van der Waals surface area contributed by atoms with Crippen molar-refractivity contribution in [3.63, 3.8) is 0 Å². The number of halogens is 3. The van der Waals surface area contributed by atoms with Gasteiger partial charge in [0.15, 0.2) is 5.69 Å². The van der Waals surface area contributed by atoms with Crippen molar-refractivity contribution < 1.29 is 42.2 Å². The number of hydrogen-bond acceptors (Lipinski definition) is 9. The van der Waals surface area contributed by atoms with Crippen molar-refractivity contribution in [1.29, 1.82) is 0 Å². The summed E-state index contributed by atoms with van der Waals surface area (Å²) in [6, 6.07) is 2.79. The third-order valence-electron chi connectivity index (χ3n) is 5.09. The molecule has 0 spiro atoms. The second-order valence-electron chi connectivity index (χ2n) is 7.63. The summed E-state index contributed by atoms with van der Waals surface area (Å²) >= 11 is 0. The number of imidazole rings is 1. The van der Waals surface area contributed by atoms with Crippen LogP contribution in [0.4, 0.5) is 13.2 Å². The molecule has 0 unspecified atom stereocenters. The maximum absolute atomic E-state index is 13.3. The van der Waals surface area contributed by atoms with Crippen molar-refractivity contribution in [3.05, 3.63) is 54.3 Å². The number of aromatic nitrogens is 4. The van der Waals surface area contributed by atoms with E-state index < -0.39 is 35.5 Å². The Hall–Kier alpha value is -4.66. The summed E-state index contributed by atoms with van der Waals surface area (Å²) < 4.78 is 51.3. The maximum Gasteiger partial charge on any atom is 0.437 e. The minimum Gasteiger partial charge on any atom is -0.507 e. The molecule has 0 aliphatic heterocycles. The van der Waals surface area contributed by atoms with Gasteiger partial charge in [-0.05, 0) is 19.1 Å². The predicted molar refractivity (Wildman–Crippen MR) is 119 cm³/mol. The van der Waals surface area contributed by atoms with Gasteiger partial charge >= 0.3 is 6.18 Å². The maximum atomic E-state index is 13.3. The second-order valence-corrected chi connectivity index (χ2v) is 7.63. The molecule has 1 aromatic carbocycles. The molecule has 3 aromatic heterocycles. The van der Waals surface area contributed by atoms with Crippen LogP contribution in [0.25, 0.3) is 16.9 Å². The average molecular weight is 520 g/mol. The minimum atomic E-state index is -4.74. The van der Waals surface area contributed by atoms with Gasteiger partial charge in [0, 0.05) is 25.0 Å². The quantitative estimate of drug-likeness (QED) is 0.272. The first-order valence-corrected chi connectivity index (χ1v) is 10.6. The Labute approximate surface area is 205 Å². The fraction of sp³-hybridized carbons (Fsp3) is 0.227.